The summed E-state index contributed by atoms with van der Waals surface area (Å²) in [6.45, 7) is 12.4. The van der Waals surface area contributed by atoms with Crippen LogP contribution in [0.5, 0.6) is 0 Å². The maximum Gasteiger partial charge on any atom is 0.0594 e. The van der Waals surface area contributed by atoms with E-state index < -0.39 is 0 Å². The molecule has 0 bridgehead atoms. The van der Waals surface area contributed by atoms with Gasteiger partial charge in [-0.3, -0.25) is 4.90 Å². The number of morpholine rings is 1. The maximum absolute atomic E-state index is 5.39. The van der Waals surface area contributed by atoms with Crippen LogP contribution in [0.3, 0.4) is 0 Å². The van der Waals surface area contributed by atoms with Crippen LogP contribution < -0.4 is 5.32 Å². The Bertz CT molecular complexity index is 219. The smallest absolute Gasteiger partial charge is 0.0594 e. The first-order valence-corrected chi connectivity index (χ1v) is 7.64. The molecule has 4 nitrogen and oxygen atoms in total. The molecule has 1 atom stereocenters. The quantitative estimate of drug-likeness (QED) is 0.759. The van der Waals surface area contributed by atoms with E-state index in [-0.39, 0.29) is 0 Å². The van der Waals surface area contributed by atoms with Gasteiger partial charge in [0, 0.05) is 38.8 Å². The van der Waals surface area contributed by atoms with Crippen molar-refractivity contribution in [2.24, 2.45) is 0 Å². The van der Waals surface area contributed by atoms with Gasteiger partial charge < -0.3 is 15.0 Å². The minimum absolute atomic E-state index is 0.725. The van der Waals surface area contributed by atoms with E-state index in [0.29, 0.717) is 0 Å². The first kappa shape index (κ1) is 14.3. The molecule has 0 aliphatic carbocycles. The highest BCUT2D eigenvalue weighted by Gasteiger charge is 2.19. The van der Waals surface area contributed by atoms with Gasteiger partial charge in [-0.2, -0.15) is 0 Å². The molecule has 0 aromatic heterocycles. The van der Waals surface area contributed by atoms with Gasteiger partial charge in [0.15, 0.2) is 0 Å². The minimum Gasteiger partial charge on any atom is -0.379 e. The Morgan fingerprint density at radius 1 is 1.11 bits per heavy atom. The SMILES string of the molecule is CCCNC1CCCN(CCN2CCOCC2)C1. The summed E-state index contributed by atoms with van der Waals surface area (Å²) in [5, 5.41) is 3.66. The topological polar surface area (TPSA) is 27.7 Å². The number of hydrogen-bond donors (Lipinski definition) is 1. The van der Waals surface area contributed by atoms with Crippen LogP contribution in [0.25, 0.3) is 0 Å². The largest absolute Gasteiger partial charge is 0.379 e. The molecule has 4 heteroatoms. The average Bonchev–Trinajstić information content (AvgIpc) is 2.44. The van der Waals surface area contributed by atoms with E-state index >= 15 is 0 Å². The summed E-state index contributed by atoms with van der Waals surface area (Å²) in [6, 6.07) is 0.725. The molecule has 2 heterocycles. The normalized spacial score (nSPS) is 27.5. The summed E-state index contributed by atoms with van der Waals surface area (Å²) in [5.41, 5.74) is 0. The first-order valence-electron chi connectivity index (χ1n) is 7.64. The second kappa shape index (κ2) is 8.10. The summed E-state index contributed by atoms with van der Waals surface area (Å²) >= 11 is 0. The number of piperidine rings is 1. The zero-order valence-electron chi connectivity index (χ0n) is 11.9. The third kappa shape index (κ3) is 4.84. The molecule has 2 aliphatic heterocycles. The minimum atomic E-state index is 0.725. The molecule has 0 amide bonds. The van der Waals surface area contributed by atoms with E-state index in [1.54, 1.807) is 0 Å². The summed E-state index contributed by atoms with van der Waals surface area (Å²) in [7, 11) is 0. The highest BCUT2D eigenvalue weighted by molar-refractivity contribution is 4.78. The fraction of sp³-hybridized carbons (Fsp3) is 1.00. The Labute approximate surface area is 112 Å². The van der Waals surface area contributed by atoms with Crippen LogP contribution in [0, 0.1) is 0 Å². The van der Waals surface area contributed by atoms with Gasteiger partial charge in [0.1, 0.15) is 0 Å². The number of nitrogens with one attached hydrogen (secondary N) is 1. The highest BCUT2D eigenvalue weighted by atomic mass is 16.5. The molecule has 2 aliphatic rings. The Balaban J connectivity index is 1.62. The molecule has 0 aromatic carbocycles. The van der Waals surface area contributed by atoms with Crippen molar-refractivity contribution >= 4 is 0 Å². The third-order valence-electron chi connectivity index (χ3n) is 4.02. The van der Waals surface area contributed by atoms with Crippen LogP contribution in [-0.2, 0) is 4.74 Å². The summed E-state index contributed by atoms with van der Waals surface area (Å²) < 4.78 is 5.39. The Morgan fingerprint density at radius 2 is 1.89 bits per heavy atom. The van der Waals surface area contributed by atoms with Crippen LogP contribution in [0.2, 0.25) is 0 Å². The van der Waals surface area contributed by atoms with Gasteiger partial charge in [0.05, 0.1) is 13.2 Å². The van der Waals surface area contributed by atoms with Crippen molar-refractivity contribution in [1.29, 1.82) is 0 Å². The average molecular weight is 255 g/mol. The number of rotatable bonds is 6. The number of likely N-dealkylation sites (tertiary alicyclic amines) is 1. The molecule has 0 saturated carbocycles. The number of hydrogen-bond acceptors (Lipinski definition) is 4. The molecule has 0 aromatic rings. The van der Waals surface area contributed by atoms with Gasteiger partial charge in [-0.15, -0.1) is 0 Å². The van der Waals surface area contributed by atoms with Crippen LogP contribution in [0.4, 0.5) is 0 Å². The number of ether oxygens (including phenoxy) is 1. The lowest BCUT2D eigenvalue weighted by Crippen LogP contribution is -2.48. The summed E-state index contributed by atoms with van der Waals surface area (Å²) in [4.78, 5) is 5.17. The van der Waals surface area contributed by atoms with E-state index in [1.807, 2.05) is 0 Å². The highest BCUT2D eigenvalue weighted by Crippen LogP contribution is 2.10. The molecule has 2 fully saturated rings. The van der Waals surface area contributed by atoms with Crippen molar-refractivity contribution in [1.82, 2.24) is 15.1 Å². The van der Waals surface area contributed by atoms with Crippen LogP contribution in [0.15, 0.2) is 0 Å². The molecular formula is C14H29N3O. The van der Waals surface area contributed by atoms with Crippen molar-refractivity contribution in [2.75, 3.05) is 59.0 Å². The molecule has 0 radical (unpaired) electrons. The van der Waals surface area contributed by atoms with E-state index in [4.69, 9.17) is 4.74 Å². The van der Waals surface area contributed by atoms with Crippen molar-refractivity contribution in [3.63, 3.8) is 0 Å². The molecule has 106 valence electrons. The van der Waals surface area contributed by atoms with Gasteiger partial charge in [0.25, 0.3) is 0 Å². The van der Waals surface area contributed by atoms with Crippen molar-refractivity contribution in [3.05, 3.63) is 0 Å². The van der Waals surface area contributed by atoms with Gasteiger partial charge in [0.2, 0.25) is 0 Å². The predicted molar refractivity (Wildman–Crippen MR) is 75.0 cm³/mol. The number of nitrogens with zero attached hydrogens (tertiary/aromatic N) is 2. The second-order valence-corrected chi connectivity index (χ2v) is 5.55. The molecule has 1 N–H and O–H groups in total. The molecule has 1 unspecified atom stereocenters. The standard InChI is InChI=1S/C14H29N3O/c1-2-5-15-14-4-3-6-17(13-14)8-7-16-9-11-18-12-10-16/h14-15H,2-13H2,1H3. The van der Waals surface area contributed by atoms with Gasteiger partial charge in [-0.25, -0.2) is 0 Å². The Morgan fingerprint density at radius 3 is 2.67 bits per heavy atom. The third-order valence-corrected chi connectivity index (χ3v) is 4.02. The van der Waals surface area contributed by atoms with E-state index in [2.05, 4.69) is 22.0 Å². The fourth-order valence-electron chi connectivity index (χ4n) is 2.88. The van der Waals surface area contributed by atoms with Crippen LogP contribution >= 0.6 is 0 Å². The lowest BCUT2D eigenvalue weighted by atomic mass is 10.1. The molecule has 2 rings (SSSR count). The van der Waals surface area contributed by atoms with E-state index in [0.717, 1.165) is 32.3 Å². The monoisotopic (exact) mass is 255 g/mol. The van der Waals surface area contributed by atoms with Crippen molar-refractivity contribution in [3.8, 4) is 0 Å². The molecule has 18 heavy (non-hydrogen) atoms. The summed E-state index contributed by atoms with van der Waals surface area (Å²) in [6.07, 6.45) is 3.95. The molecule has 0 spiro atoms. The molecule has 2 saturated heterocycles. The van der Waals surface area contributed by atoms with Crippen molar-refractivity contribution in [2.45, 2.75) is 32.2 Å². The maximum atomic E-state index is 5.39. The van der Waals surface area contributed by atoms with Gasteiger partial charge >= 0.3 is 0 Å². The van der Waals surface area contributed by atoms with Crippen LogP contribution in [0.1, 0.15) is 26.2 Å². The predicted octanol–water partition coefficient (Wildman–Crippen LogP) is 0.783. The van der Waals surface area contributed by atoms with E-state index in [1.165, 1.54) is 52.0 Å². The fourth-order valence-corrected chi connectivity index (χ4v) is 2.88. The lowest BCUT2D eigenvalue weighted by molar-refractivity contribution is 0.0316. The van der Waals surface area contributed by atoms with Crippen molar-refractivity contribution < 1.29 is 4.74 Å². The Hall–Kier alpha value is -0.160. The second-order valence-electron chi connectivity index (χ2n) is 5.55. The van der Waals surface area contributed by atoms with Gasteiger partial charge in [-0.05, 0) is 32.4 Å². The Kier molecular flexibility index (Phi) is 6.41. The first-order chi connectivity index (χ1) is 8.88. The molecular weight excluding hydrogens is 226 g/mol. The van der Waals surface area contributed by atoms with E-state index in [9.17, 15) is 0 Å². The van der Waals surface area contributed by atoms with Gasteiger partial charge in [-0.1, -0.05) is 6.92 Å². The zero-order chi connectivity index (χ0) is 12.6. The zero-order valence-corrected chi connectivity index (χ0v) is 11.9. The summed E-state index contributed by atoms with van der Waals surface area (Å²) in [5.74, 6) is 0. The lowest BCUT2D eigenvalue weighted by Gasteiger charge is -2.35. The van der Waals surface area contributed by atoms with Crippen LogP contribution in [-0.4, -0.2) is 74.9 Å².